The van der Waals surface area contributed by atoms with E-state index in [-0.39, 0.29) is 0 Å². The second-order valence-corrected chi connectivity index (χ2v) is 57.1. The smallest absolute Gasteiger partial charge is 0.249 e. The quantitative estimate of drug-likeness (QED) is 0.247. The maximum absolute atomic E-state index is 13.1. The molecule has 1 aliphatic carbocycles. The Balaban J connectivity index is 2.65. The van der Waals surface area contributed by atoms with Gasteiger partial charge in [-0.1, -0.05) is 142 Å². The van der Waals surface area contributed by atoms with Crippen molar-refractivity contribution < 1.29 is 4.80 Å². The minimum absolute atomic E-state index is 0.522. The molecule has 1 N–H and O–H groups in total. The van der Waals surface area contributed by atoms with E-state index in [4.69, 9.17) is 0 Å². The highest BCUT2D eigenvalue weighted by molar-refractivity contribution is 7.00. The second-order valence-electron chi connectivity index (χ2n) is 20.3. The summed E-state index contributed by atoms with van der Waals surface area (Å²) in [5.41, 5.74) is 7.94. The lowest BCUT2D eigenvalue weighted by Crippen LogP contribution is -2.59. The van der Waals surface area contributed by atoms with E-state index in [2.05, 4.69) is 142 Å². The Kier molecular flexibility index (Phi) is 9.18. The molecule has 1 heterocycles. The molecule has 3 atom stereocenters. The Morgan fingerprint density at radius 3 is 1.12 bits per heavy atom. The molecule has 0 aromatic heterocycles. The van der Waals surface area contributed by atoms with Crippen LogP contribution in [0.1, 0.15) is 38.6 Å². The van der Waals surface area contributed by atoms with Gasteiger partial charge in [0.15, 0.2) is 0 Å². The minimum atomic E-state index is -2.74. The van der Waals surface area contributed by atoms with Crippen molar-refractivity contribution in [2.75, 3.05) is 0 Å². The van der Waals surface area contributed by atoms with Gasteiger partial charge in [-0.3, -0.25) is 0 Å². The largest absolute Gasteiger partial charge is 0.424 e. The number of allylic oxidation sites excluding steroid dienone is 1. The average Bonchev–Trinajstić information content (AvgIpc) is 3.32. The van der Waals surface area contributed by atoms with Crippen LogP contribution in [0.3, 0.4) is 0 Å². The molecule has 1 aromatic rings. The summed E-state index contributed by atoms with van der Waals surface area (Å²) in [7, 11) is -12.1. The van der Waals surface area contributed by atoms with Gasteiger partial charge in [0.25, 0.3) is 0 Å². The van der Waals surface area contributed by atoms with Crippen LogP contribution in [0.2, 0.25) is 123 Å². The molecule has 0 radical (unpaired) electrons. The zero-order chi connectivity index (χ0) is 31.2. The van der Waals surface area contributed by atoms with Gasteiger partial charge in [-0.05, 0) is 55.3 Å². The zero-order valence-corrected chi connectivity index (χ0v) is 36.9. The average molecular weight is 663 g/mol. The van der Waals surface area contributed by atoms with Crippen molar-refractivity contribution in [1.82, 2.24) is 0 Å². The van der Waals surface area contributed by atoms with Crippen LogP contribution in [-0.2, 0) is 0 Å². The summed E-state index contributed by atoms with van der Waals surface area (Å²) in [4.78, 5) is 13.1. The molecule has 0 amide bonds. The maximum Gasteiger partial charge on any atom is 0.249 e. The molecule has 1 fully saturated rings. The Bertz CT molecular complexity index is 1040. The topological polar surface area (TPSA) is 20.2 Å². The molecule has 2 aliphatic rings. The molecule has 1 aromatic carbocycles. The SMILES string of the molecule is C[Si](C)(C)C(c1cc(C([Si](C)(C)C)[Si](C)(C)C)c([Si@]2(O)C=C[C@H]3C[C@H]32)c(C([Si](C)(C)C)[Si](C)(C)C)c1)[Si](C)(C)C. The summed E-state index contributed by atoms with van der Waals surface area (Å²) in [6.45, 7) is 47.3. The number of hydrogen-bond acceptors (Lipinski definition) is 1. The molecule has 1 aliphatic heterocycles. The number of rotatable bonds is 10. The monoisotopic (exact) mass is 662 g/mol. The van der Waals surface area contributed by atoms with Crippen LogP contribution in [0.25, 0.3) is 0 Å². The highest BCUT2D eigenvalue weighted by atomic mass is 28.4. The van der Waals surface area contributed by atoms with Gasteiger partial charge >= 0.3 is 0 Å². The van der Waals surface area contributed by atoms with E-state index in [0.29, 0.717) is 21.8 Å². The van der Waals surface area contributed by atoms with Crippen molar-refractivity contribution in [2.24, 2.45) is 5.92 Å². The first-order valence-electron chi connectivity index (χ1n) is 16.1. The van der Waals surface area contributed by atoms with Gasteiger partial charge in [-0.25, -0.2) is 0 Å². The molecular formula is C32H66OSi7. The van der Waals surface area contributed by atoms with Crippen LogP contribution in [0.5, 0.6) is 0 Å². The zero-order valence-electron chi connectivity index (χ0n) is 29.9. The van der Waals surface area contributed by atoms with Crippen LogP contribution in [0, 0.1) is 5.92 Å². The predicted molar refractivity (Wildman–Crippen MR) is 203 cm³/mol. The lowest BCUT2D eigenvalue weighted by Gasteiger charge is -2.47. The minimum Gasteiger partial charge on any atom is -0.424 e. The third-order valence-corrected chi connectivity index (χ3v) is 41.5. The Hall–Kier alpha value is 0.438. The van der Waals surface area contributed by atoms with Gasteiger partial charge in [0.05, 0.1) is 0 Å². The van der Waals surface area contributed by atoms with E-state index in [0.717, 1.165) is 5.16 Å². The fourth-order valence-corrected chi connectivity index (χ4v) is 53.0. The summed E-state index contributed by atoms with van der Waals surface area (Å²) in [5.74, 6) is 0.642. The third-order valence-electron chi connectivity index (χ3n) is 9.78. The van der Waals surface area contributed by atoms with Crippen molar-refractivity contribution >= 4 is 61.9 Å². The van der Waals surface area contributed by atoms with Crippen molar-refractivity contribution in [1.29, 1.82) is 0 Å². The van der Waals surface area contributed by atoms with Gasteiger partial charge in [0.2, 0.25) is 8.32 Å². The fraction of sp³-hybridized carbons (Fsp3) is 0.750. The molecular weight excluding hydrogens is 597 g/mol. The Morgan fingerprint density at radius 2 is 0.900 bits per heavy atom. The third kappa shape index (κ3) is 6.89. The van der Waals surface area contributed by atoms with Gasteiger partial charge in [0, 0.05) is 48.4 Å². The lowest BCUT2D eigenvalue weighted by molar-refractivity contribution is 0.562. The Labute approximate surface area is 257 Å². The summed E-state index contributed by atoms with van der Waals surface area (Å²) in [6, 6.07) is 5.56. The summed E-state index contributed by atoms with van der Waals surface area (Å²) >= 11 is 0. The van der Waals surface area contributed by atoms with E-state index in [1.807, 2.05) is 0 Å². The van der Waals surface area contributed by atoms with Crippen LogP contribution in [0.15, 0.2) is 23.9 Å². The van der Waals surface area contributed by atoms with Gasteiger partial charge in [-0.15, -0.1) is 0 Å². The standard InChI is InChI=1S/C32H66OSi7/c1-34(2,3)30(35(4,5)6)25-21-26(31(36(7,8)9)37(10,11)12)29(40(33)20-19-24-23-28(24)40)27(22-25)32(38(13,14)15)39(16,17)18/h19-22,24,28,30-33H,23H2,1-18H3/t24-,28+,40-/m0/s1. The number of benzene rings is 1. The van der Waals surface area contributed by atoms with Crippen LogP contribution in [0.4, 0.5) is 0 Å². The molecule has 0 saturated heterocycles. The lowest BCUT2D eigenvalue weighted by atomic mass is 10.1. The van der Waals surface area contributed by atoms with Crippen LogP contribution >= 0.6 is 0 Å². The van der Waals surface area contributed by atoms with E-state index < -0.39 is 56.8 Å². The van der Waals surface area contributed by atoms with Crippen molar-refractivity contribution in [3.05, 3.63) is 40.6 Å². The first-order chi connectivity index (χ1) is 17.5. The number of fused-ring (bicyclic) bond motifs is 1. The predicted octanol–water partition coefficient (Wildman–Crippen LogP) is 9.85. The van der Waals surface area contributed by atoms with E-state index in [9.17, 15) is 4.80 Å². The first-order valence-corrected chi connectivity index (χ1v) is 39.7. The van der Waals surface area contributed by atoms with Crippen LogP contribution < -0.4 is 5.19 Å². The van der Waals surface area contributed by atoms with Crippen LogP contribution in [-0.4, -0.2) is 61.6 Å². The fourth-order valence-electron chi connectivity index (χ4n) is 10.2. The van der Waals surface area contributed by atoms with E-state index >= 15 is 0 Å². The van der Waals surface area contributed by atoms with Crippen molar-refractivity contribution in [2.45, 2.75) is 145 Å². The highest BCUT2D eigenvalue weighted by Gasteiger charge is 2.60. The molecule has 8 heteroatoms. The second kappa shape index (κ2) is 10.5. The van der Waals surface area contributed by atoms with Gasteiger partial charge in [0.1, 0.15) is 0 Å². The molecule has 40 heavy (non-hydrogen) atoms. The maximum atomic E-state index is 13.1. The van der Waals surface area contributed by atoms with Gasteiger partial charge in [-0.2, -0.15) is 0 Å². The number of hydrogen-bond donors (Lipinski definition) is 1. The first kappa shape index (κ1) is 34.9. The molecule has 1 nitrogen and oxygen atoms in total. The summed E-state index contributed by atoms with van der Waals surface area (Å²) in [6.07, 6.45) is 3.66. The van der Waals surface area contributed by atoms with Crippen molar-refractivity contribution in [3.63, 3.8) is 0 Å². The molecule has 0 bridgehead atoms. The highest BCUT2D eigenvalue weighted by Crippen LogP contribution is 2.58. The van der Waals surface area contributed by atoms with E-state index in [1.54, 1.807) is 21.9 Å². The molecule has 228 valence electrons. The Morgan fingerprint density at radius 1 is 0.575 bits per heavy atom. The van der Waals surface area contributed by atoms with Crippen molar-refractivity contribution in [3.8, 4) is 0 Å². The molecule has 1 saturated carbocycles. The molecule has 0 spiro atoms. The molecule has 0 unspecified atom stereocenters. The molecule has 3 rings (SSSR count). The summed E-state index contributed by atoms with van der Waals surface area (Å²) in [5, 5.41) is 3.59. The van der Waals surface area contributed by atoms with E-state index in [1.165, 1.54) is 6.42 Å². The normalized spacial score (nSPS) is 24.4. The summed E-state index contributed by atoms with van der Waals surface area (Å²) < 4.78 is 0. The van der Waals surface area contributed by atoms with Gasteiger partial charge < -0.3 is 4.80 Å².